The molecule has 2 saturated heterocycles. The van der Waals surface area contributed by atoms with Gasteiger partial charge in [-0.3, -0.25) is 4.90 Å². The molecule has 1 aromatic heterocycles. The molecule has 4 heterocycles. The number of likely N-dealkylation sites (N-methyl/N-ethyl adjacent to an activating group) is 2. The Morgan fingerprint density at radius 1 is 1.11 bits per heavy atom. The fourth-order valence-electron chi connectivity index (χ4n) is 7.00. The summed E-state index contributed by atoms with van der Waals surface area (Å²) >= 11 is 0. The van der Waals surface area contributed by atoms with Gasteiger partial charge in [-0.1, -0.05) is 13.3 Å². The van der Waals surface area contributed by atoms with Crippen LogP contribution >= 0.6 is 0 Å². The maximum atomic E-state index is 13.6. The van der Waals surface area contributed by atoms with Gasteiger partial charge in [0.2, 0.25) is 0 Å². The molecule has 6 rings (SSSR count). The number of carbonyl (C=O) groups excluding carboxylic acids is 2. The Morgan fingerprint density at radius 3 is 2.63 bits per heavy atom. The van der Waals surface area contributed by atoms with Crippen LogP contribution in [0.25, 0.3) is 10.9 Å². The molecule has 1 aromatic carbocycles. The normalized spacial score (nSPS) is 25.9. The fourth-order valence-corrected chi connectivity index (χ4v) is 7.00. The van der Waals surface area contributed by atoms with Gasteiger partial charge in [0.15, 0.2) is 0 Å². The van der Waals surface area contributed by atoms with Crippen LogP contribution < -0.4 is 10.1 Å². The molecule has 1 saturated carbocycles. The third kappa shape index (κ3) is 5.28. The molecule has 1 unspecified atom stereocenters. The third-order valence-electron chi connectivity index (χ3n) is 8.63. The van der Waals surface area contributed by atoms with Crippen LogP contribution in [0.4, 0.5) is 9.59 Å². The van der Waals surface area contributed by atoms with Gasteiger partial charge in [0.05, 0.1) is 5.52 Å². The van der Waals surface area contributed by atoms with Gasteiger partial charge in [-0.05, 0) is 83.1 Å². The Bertz CT molecular complexity index is 1180. The Hall–Kier alpha value is -2.62. The molecule has 2 aromatic rings. The monoisotopic (exact) mass is 525 g/mol. The topological polar surface area (TPSA) is 79.3 Å². The number of rotatable bonds is 8. The quantitative estimate of drug-likeness (QED) is 0.564. The van der Waals surface area contributed by atoms with E-state index < -0.39 is 6.09 Å². The smallest absolute Gasteiger partial charge is 0.418 e. The van der Waals surface area contributed by atoms with E-state index >= 15 is 0 Å². The van der Waals surface area contributed by atoms with Crippen LogP contribution in [0, 0.1) is 11.8 Å². The molecule has 1 N–H and O–H groups in total. The van der Waals surface area contributed by atoms with Gasteiger partial charge in [0, 0.05) is 55.8 Å². The molecule has 9 nitrogen and oxygen atoms in total. The van der Waals surface area contributed by atoms with Crippen molar-refractivity contribution in [1.82, 2.24) is 24.6 Å². The maximum Gasteiger partial charge on any atom is 0.418 e. The van der Waals surface area contributed by atoms with Crippen LogP contribution in [-0.2, 0) is 11.2 Å². The van der Waals surface area contributed by atoms with Crippen molar-refractivity contribution in [3.8, 4) is 5.75 Å². The lowest BCUT2D eigenvalue weighted by molar-refractivity contribution is -0.0141. The average Bonchev–Trinajstić information content (AvgIpc) is 3.14. The molecule has 1 aliphatic carbocycles. The molecule has 4 bridgehead atoms. The van der Waals surface area contributed by atoms with Gasteiger partial charge < -0.3 is 24.6 Å². The highest BCUT2D eigenvalue weighted by molar-refractivity contribution is 5.95. The van der Waals surface area contributed by atoms with Gasteiger partial charge in [0.1, 0.15) is 12.4 Å². The van der Waals surface area contributed by atoms with E-state index in [1.54, 1.807) is 6.07 Å². The summed E-state index contributed by atoms with van der Waals surface area (Å²) in [5, 5.41) is 3.79. The lowest BCUT2D eigenvalue weighted by atomic mass is 9.65. The Labute approximate surface area is 226 Å². The number of aromatic nitrogens is 1. The first kappa shape index (κ1) is 27.0. The number of hydrogen-bond donors (Lipinski definition) is 1. The lowest BCUT2D eigenvalue weighted by Crippen LogP contribution is -2.56. The zero-order valence-corrected chi connectivity index (χ0v) is 23.5. The first-order valence-electron chi connectivity index (χ1n) is 14.1. The lowest BCUT2D eigenvalue weighted by Gasteiger charge is -2.53. The average molecular weight is 526 g/mol. The number of fused-ring (bicyclic) bond motifs is 4. The van der Waals surface area contributed by atoms with Crippen LogP contribution in [0.5, 0.6) is 5.75 Å². The standard InChI is InChI=1S/C29H43N5O4/c1-6-20-15-19-16-24-26(20)33(18-19)11-9-22-23-17-21(38-28(35)30-10-12-31(2)3)7-8-25(23)34(27(22)24)29(36)37-14-13-32(4)5/h7-8,17,19-20,24,26H,6,9-16,18H2,1-5H3,(H,30,35)/t19-,20+,24-,26+/m1/s1. The zero-order chi connectivity index (χ0) is 27.0. The van der Waals surface area contributed by atoms with E-state index in [-0.39, 0.29) is 6.09 Å². The Kier molecular flexibility index (Phi) is 7.98. The predicted molar refractivity (Wildman–Crippen MR) is 148 cm³/mol. The second kappa shape index (κ2) is 11.2. The molecule has 208 valence electrons. The number of piperidine rings is 2. The highest BCUT2D eigenvalue weighted by Gasteiger charge is 2.50. The fraction of sp³-hybridized carbons (Fsp3) is 0.655. The van der Waals surface area contributed by atoms with Crippen molar-refractivity contribution in [2.24, 2.45) is 11.8 Å². The number of nitrogens with zero attached hydrogens (tertiary/aromatic N) is 4. The van der Waals surface area contributed by atoms with Crippen molar-refractivity contribution < 1.29 is 19.1 Å². The van der Waals surface area contributed by atoms with Crippen molar-refractivity contribution in [3.63, 3.8) is 0 Å². The zero-order valence-electron chi connectivity index (χ0n) is 23.5. The minimum Gasteiger partial charge on any atom is -0.448 e. The summed E-state index contributed by atoms with van der Waals surface area (Å²) in [7, 11) is 7.87. The third-order valence-corrected chi connectivity index (χ3v) is 8.63. The first-order valence-corrected chi connectivity index (χ1v) is 14.1. The van der Waals surface area contributed by atoms with E-state index in [1.807, 2.05) is 54.7 Å². The van der Waals surface area contributed by atoms with Gasteiger partial charge >= 0.3 is 12.2 Å². The number of ether oxygens (including phenoxy) is 2. The Balaban J connectivity index is 1.52. The molecule has 3 fully saturated rings. The molecular formula is C29H43N5O4. The van der Waals surface area contributed by atoms with E-state index in [9.17, 15) is 9.59 Å². The van der Waals surface area contributed by atoms with Gasteiger partial charge in [0.25, 0.3) is 0 Å². The molecule has 5 atom stereocenters. The van der Waals surface area contributed by atoms with Crippen LogP contribution in [0.3, 0.4) is 0 Å². The van der Waals surface area contributed by atoms with Crippen LogP contribution in [0.15, 0.2) is 18.2 Å². The number of benzene rings is 1. The summed E-state index contributed by atoms with van der Waals surface area (Å²) < 4.78 is 13.3. The molecule has 3 aliphatic heterocycles. The van der Waals surface area contributed by atoms with Crippen LogP contribution in [0.1, 0.15) is 43.4 Å². The highest BCUT2D eigenvalue weighted by Crippen LogP contribution is 2.52. The highest BCUT2D eigenvalue weighted by atomic mass is 16.6. The maximum absolute atomic E-state index is 13.6. The largest absolute Gasteiger partial charge is 0.448 e. The first-order chi connectivity index (χ1) is 18.3. The molecule has 1 amide bonds. The van der Waals surface area contributed by atoms with Crippen molar-refractivity contribution in [1.29, 1.82) is 0 Å². The molecular weight excluding hydrogens is 482 g/mol. The van der Waals surface area contributed by atoms with E-state index in [4.69, 9.17) is 9.47 Å². The summed E-state index contributed by atoms with van der Waals surface area (Å²) in [4.78, 5) is 32.8. The van der Waals surface area contributed by atoms with Crippen molar-refractivity contribution in [2.45, 2.75) is 44.6 Å². The number of nitrogens with one attached hydrogen (secondary N) is 1. The second-order valence-electron chi connectivity index (χ2n) is 11.8. The summed E-state index contributed by atoms with van der Waals surface area (Å²) in [5.41, 5.74) is 3.17. The Morgan fingerprint density at radius 2 is 1.89 bits per heavy atom. The minimum absolute atomic E-state index is 0.303. The van der Waals surface area contributed by atoms with Crippen LogP contribution in [0.2, 0.25) is 0 Å². The molecule has 0 radical (unpaired) electrons. The van der Waals surface area contributed by atoms with Gasteiger partial charge in [-0.2, -0.15) is 0 Å². The van der Waals surface area contributed by atoms with Crippen molar-refractivity contribution in [3.05, 3.63) is 29.5 Å². The van der Waals surface area contributed by atoms with E-state index in [1.165, 1.54) is 12.0 Å². The predicted octanol–water partition coefficient (Wildman–Crippen LogP) is 3.60. The van der Waals surface area contributed by atoms with Crippen molar-refractivity contribution in [2.75, 3.05) is 67.5 Å². The summed E-state index contributed by atoms with van der Waals surface area (Å²) in [6.07, 6.45) is 3.67. The second-order valence-corrected chi connectivity index (χ2v) is 11.8. The molecule has 0 spiro atoms. The van der Waals surface area contributed by atoms with E-state index in [0.29, 0.717) is 49.2 Å². The van der Waals surface area contributed by atoms with Crippen LogP contribution in [-0.4, -0.2) is 105 Å². The van der Waals surface area contributed by atoms with E-state index in [2.05, 4.69) is 17.1 Å². The number of carbonyl (C=O) groups is 2. The molecule has 9 heteroatoms. The SMILES string of the molecule is CC[C@H]1C[C@@H]2C[C@H]3c4c(c5cc(OC(=O)NCCN(C)C)ccc5n4C(=O)OCCN(C)C)CCN(C2)[C@@H]13. The summed E-state index contributed by atoms with van der Waals surface area (Å²) in [6, 6.07) is 6.09. The summed E-state index contributed by atoms with van der Waals surface area (Å²) in [6.45, 7) is 6.72. The number of amides is 1. The van der Waals surface area contributed by atoms with Gasteiger partial charge in [-0.15, -0.1) is 0 Å². The molecule has 38 heavy (non-hydrogen) atoms. The summed E-state index contributed by atoms with van der Waals surface area (Å²) in [5.74, 6) is 2.11. The van der Waals surface area contributed by atoms with E-state index in [0.717, 1.165) is 55.5 Å². The number of hydrogen-bond acceptors (Lipinski definition) is 7. The van der Waals surface area contributed by atoms with Crippen molar-refractivity contribution >= 4 is 23.1 Å². The molecule has 4 aliphatic rings. The van der Waals surface area contributed by atoms with Gasteiger partial charge in [-0.25, -0.2) is 14.2 Å². The minimum atomic E-state index is -0.468.